The summed E-state index contributed by atoms with van der Waals surface area (Å²) in [5, 5.41) is 10.3. The van der Waals surface area contributed by atoms with Crippen molar-refractivity contribution >= 4 is 5.97 Å². The molecule has 0 aromatic heterocycles. The van der Waals surface area contributed by atoms with Gasteiger partial charge >= 0.3 is 5.97 Å². The topological polar surface area (TPSA) is 46.5 Å². The highest BCUT2D eigenvalue weighted by Gasteiger charge is 2.24. The molecular formula is C21H34O3. The summed E-state index contributed by atoms with van der Waals surface area (Å²) in [6.45, 7) is 12.6. The predicted octanol–water partition coefficient (Wildman–Crippen LogP) is 5.62. The average molecular weight is 335 g/mol. The third-order valence-corrected chi connectivity index (χ3v) is 4.48. The lowest BCUT2D eigenvalue weighted by molar-refractivity contribution is -0.145. The maximum atomic E-state index is 12.3. The molecule has 0 fully saturated rings. The zero-order valence-electron chi connectivity index (χ0n) is 16.2. The molecule has 0 saturated carbocycles. The van der Waals surface area contributed by atoms with E-state index in [0.717, 1.165) is 29.5 Å². The number of ether oxygens (including phenoxy) is 1. The summed E-state index contributed by atoms with van der Waals surface area (Å²) in [5.41, 5.74) is 2.41. The Kier molecular flexibility index (Phi) is 7.78. The van der Waals surface area contributed by atoms with Crippen LogP contribution in [0.1, 0.15) is 89.3 Å². The summed E-state index contributed by atoms with van der Waals surface area (Å²) in [7, 11) is 0. The van der Waals surface area contributed by atoms with Crippen LogP contribution >= 0.6 is 0 Å². The molecule has 1 N–H and O–H groups in total. The van der Waals surface area contributed by atoms with Crippen LogP contribution in [-0.4, -0.2) is 17.7 Å². The highest BCUT2D eigenvalue weighted by Crippen LogP contribution is 2.36. The predicted molar refractivity (Wildman–Crippen MR) is 99.7 cm³/mol. The quantitative estimate of drug-likeness (QED) is 0.496. The Morgan fingerprint density at radius 1 is 1.17 bits per heavy atom. The fourth-order valence-corrected chi connectivity index (χ4v) is 2.77. The van der Waals surface area contributed by atoms with E-state index in [-0.39, 0.29) is 17.3 Å². The Morgan fingerprint density at radius 2 is 1.79 bits per heavy atom. The zero-order chi connectivity index (χ0) is 18.3. The second kappa shape index (κ2) is 9.10. The van der Waals surface area contributed by atoms with E-state index in [9.17, 15) is 9.90 Å². The minimum atomic E-state index is -0.318. The zero-order valence-corrected chi connectivity index (χ0v) is 16.2. The molecule has 0 saturated heterocycles. The summed E-state index contributed by atoms with van der Waals surface area (Å²) < 4.78 is 5.43. The number of hydrogen-bond donors (Lipinski definition) is 1. The van der Waals surface area contributed by atoms with Crippen molar-refractivity contribution in [1.82, 2.24) is 0 Å². The standard InChI is InChI=1S/C21H34O3/c1-7-8-9-10-11-12-24-20(23)16(3)17-13-15(2)19(22)18(14-17)21(4,5)6/h13-14,16,22H,7-12H2,1-6H3. The highest BCUT2D eigenvalue weighted by atomic mass is 16.5. The molecular weight excluding hydrogens is 300 g/mol. The minimum absolute atomic E-state index is 0.173. The molecule has 1 aromatic carbocycles. The van der Waals surface area contributed by atoms with Gasteiger partial charge in [-0.05, 0) is 42.4 Å². The van der Waals surface area contributed by atoms with E-state index in [2.05, 4.69) is 27.7 Å². The monoisotopic (exact) mass is 334 g/mol. The van der Waals surface area contributed by atoms with Crippen LogP contribution in [0.5, 0.6) is 5.75 Å². The third-order valence-electron chi connectivity index (χ3n) is 4.48. The molecule has 3 nitrogen and oxygen atoms in total. The number of phenolic OH excluding ortho intramolecular Hbond substituents is 1. The normalized spacial score (nSPS) is 12.9. The van der Waals surface area contributed by atoms with E-state index in [1.54, 1.807) is 0 Å². The summed E-state index contributed by atoms with van der Waals surface area (Å²) in [4.78, 5) is 12.3. The maximum Gasteiger partial charge on any atom is 0.313 e. The molecule has 24 heavy (non-hydrogen) atoms. The molecule has 1 atom stereocenters. The third kappa shape index (κ3) is 5.85. The lowest BCUT2D eigenvalue weighted by atomic mass is 9.82. The van der Waals surface area contributed by atoms with Crippen LogP contribution in [-0.2, 0) is 14.9 Å². The number of carbonyl (C=O) groups excluding carboxylic acids is 1. The second-order valence-corrected chi connectivity index (χ2v) is 7.79. The lowest BCUT2D eigenvalue weighted by Gasteiger charge is -2.24. The summed E-state index contributed by atoms with van der Waals surface area (Å²) in [5.74, 6) is -0.181. The molecule has 1 rings (SSSR count). The Hall–Kier alpha value is -1.51. The maximum absolute atomic E-state index is 12.3. The molecule has 0 bridgehead atoms. The Bertz CT molecular complexity index is 541. The van der Waals surface area contributed by atoms with Gasteiger partial charge in [-0.15, -0.1) is 0 Å². The van der Waals surface area contributed by atoms with Crippen molar-refractivity contribution in [3.8, 4) is 5.75 Å². The van der Waals surface area contributed by atoms with Crippen LogP contribution in [0.25, 0.3) is 0 Å². The fourth-order valence-electron chi connectivity index (χ4n) is 2.77. The van der Waals surface area contributed by atoms with Crippen molar-refractivity contribution in [2.45, 2.75) is 85.0 Å². The van der Waals surface area contributed by atoms with E-state index < -0.39 is 0 Å². The van der Waals surface area contributed by atoms with Crippen molar-refractivity contribution < 1.29 is 14.6 Å². The number of benzene rings is 1. The van der Waals surface area contributed by atoms with Crippen LogP contribution in [0.3, 0.4) is 0 Å². The SMILES string of the molecule is CCCCCCCOC(=O)C(C)c1cc(C)c(O)c(C(C)(C)C)c1. The van der Waals surface area contributed by atoms with Gasteiger partial charge in [0.05, 0.1) is 12.5 Å². The van der Waals surface area contributed by atoms with Gasteiger partial charge in [-0.2, -0.15) is 0 Å². The summed E-state index contributed by atoms with van der Waals surface area (Å²) in [6.07, 6.45) is 5.71. The van der Waals surface area contributed by atoms with E-state index in [4.69, 9.17) is 4.74 Å². The van der Waals surface area contributed by atoms with Gasteiger partial charge in [0.25, 0.3) is 0 Å². The molecule has 0 aliphatic heterocycles. The molecule has 0 amide bonds. The van der Waals surface area contributed by atoms with Gasteiger partial charge in [0.15, 0.2) is 0 Å². The van der Waals surface area contributed by atoms with Crippen molar-refractivity contribution in [3.63, 3.8) is 0 Å². The number of esters is 1. The van der Waals surface area contributed by atoms with Gasteiger partial charge in [-0.1, -0.05) is 65.5 Å². The van der Waals surface area contributed by atoms with Crippen LogP contribution in [0.2, 0.25) is 0 Å². The molecule has 3 heteroatoms. The largest absolute Gasteiger partial charge is 0.507 e. The molecule has 1 unspecified atom stereocenters. The fraction of sp³-hybridized carbons (Fsp3) is 0.667. The summed E-state index contributed by atoms with van der Waals surface area (Å²) in [6, 6.07) is 3.83. The number of rotatable bonds is 8. The molecule has 1 aromatic rings. The van der Waals surface area contributed by atoms with Crippen molar-refractivity contribution in [3.05, 3.63) is 28.8 Å². The van der Waals surface area contributed by atoms with Gasteiger partial charge in [-0.25, -0.2) is 0 Å². The molecule has 136 valence electrons. The highest BCUT2D eigenvalue weighted by molar-refractivity contribution is 5.78. The van der Waals surface area contributed by atoms with E-state index in [1.807, 2.05) is 26.0 Å². The number of carbonyl (C=O) groups is 1. The molecule has 0 aliphatic rings. The van der Waals surface area contributed by atoms with Crippen LogP contribution in [0.15, 0.2) is 12.1 Å². The Balaban J connectivity index is 2.72. The number of hydrogen-bond acceptors (Lipinski definition) is 3. The van der Waals surface area contributed by atoms with Gasteiger partial charge < -0.3 is 9.84 Å². The van der Waals surface area contributed by atoms with Crippen LogP contribution in [0.4, 0.5) is 0 Å². The van der Waals surface area contributed by atoms with Gasteiger partial charge in [-0.3, -0.25) is 4.79 Å². The first-order valence-electron chi connectivity index (χ1n) is 9.19. The minimum Gasteiger partial charge on any atom is -0.507 e. The molecule has 0 radical (unpaired) electrons. The second-order valence-electron chi connectivity index (χ2n) is 7.79. The molecule has 0 aliphatic carbocycles. The van der Waals surface area contributed by atoms with Crippen LogP contribution < -0.4 is 0 Å². The number of aryl methyl sites for hydroxylation is 1. The first kappa shape index (κ1) is 20.5. The molecule has 0 spiro atoms. The number of unbranched alkanes of at least 4 members (excludes halogenated alkanes) is 4. The Morgan fingerprint density at radius 3 is 2.38 bits per heavy atom. The van der Waals surface area contributed by atoms with Crippen molar-refractivity contribution in [1.29, 1.82) is 0 Å². The average Bonchev–Trinajstić information content (AvgIpc) is 2.51. The van der Waals surface area contributed by atoms with Gasteiger partial charge in [0.1, 0.15) is 5.75 Å². The van der Waals surface area contributed by atoms with Gasteiger partial charge in [0, 0.05) is 0 Å². The van der Waals surface area contributed by atoms with E-state index >= 15 is 0 Å². The summed E-state index contributed by atoms with van der Waals surface area (Å²) >= 11 is 0. The first-order valence-corrected chi connectivity index (χ1v) is 9.19. The Labute approximate surface area is 147 Å². The molecule has 0 heterocycles. The number of phenols is 1. The van der Waals surface area contributed by atoms with E-state index in [0.29, 0.717) is 12.4 Å². The smallest absolute Gasteiger partial charge is 0.313 e. The number of aromatic hydroxyl groups is 1. The van der Waals surface area contributed by atoms with Crippen LogP contribution in [0, 0.1) is 6.92 Å². The van der Waals surface area contributed by atoms with E-state index in [1.165, 1.54) is 19.3 Å². The lowest BCUT2D eigenvalue weighted by Crippen LogP contribution is -2.17. The first-order chi connectivity index (χ1) is 11.2. The van der Waals surface area contributed by atoms with Crippen molar-refractivity contribution in [2.75, 3.05) is 6.61 Å². The van der Waals surface area contributed by atoms with Crippen molar-refractivity contribution in [2.24, 2.45) is 0 Å². The van der Waals surface area contributed by atoms with Gasteiger partial charge in [0.2, 0.25) is 0 Å².